The zero-order valence-corrected chi connectivity index (χ0v) is 14.6. The van der Waals surface area contributed by atoms with Crippen LogP contribution in [0.1, 0.15) is 50.5 Å². The van der Waals surface area contributed by atoms with Crippen LogP contribution in [0.3, 0.4) is 0 Å². The molecular formula is C17H24BrNO. The van der Waals surface area contributed by atoms with Gasteiger partial charge in [-0.3, -0.25) is 0 Å². The largest absolute Gasteiger partial charge is 0.459 e. The average molecular weight is 338 g/mol. The van der Waals surface area contributed by atoms with Crippen molar-refractivity contribution in [2.45, 2.75) is 47.1 Å². The lowest BCUT2D eigenvalue weighted by Gasteiger charge is -2.09. The Balaban J connectivity index is 2.43. The van der Waals surface area contributed by atoms with Crippen molar-refractivity contribution in [1.29, 1.82) is 0 Å². The first-order valence-corrected chi connectivity index (χ1v) is 8.11. The minimum atomic E-state index is 0.459. The van der Waals surface area contributed by atoms with Crippen LogP contribution in [0, 0.1) is 12.8 Å². The summed E-state index contributed by atoms with van der Waals surface area (Å²) in [5.74, 6) is 2.19. The molecular weight excluding hydrogens is 314 g/mol. The van der Waals surface area contributed by atoms with E-state index < -0.39 is 0 Å². The van der Waals surface area contributed by atoms with Crippen molar-refractivity contribution in [2.24, 2.45) is 5.92 Å². The van der Waals surface area contributed by atoms with Crippen LogP contribution < -0.4 is 5.32 Å². The number of hydrogen-bond donors (Lipinski definition) is 1. The molecule has 0 spiro atoms. The Morgan fingerprint density at radius 3 is 2.50 bits per heavy atom. The third kappa shape index (κ3) is 3.26. The van der Waals surface area contributed by atoms with Crippen molar-refractivity contribution in [2.75, 3.05) is 6.54 Å². The van der Waals surface area contributed by atoms with E-state index in [4.69, 9.17) is 4.42 Å². The van der Waals surface area contributed by atoms with Gasteiger partial charge in [0.1, 0.15) is 11.3 Å². The summed E-state index contributed by atoms with van der Waals surface area (Å²) in [6, 6.07) is 4.29. The molecule has 0 saturated carbocycles. The molecule has 1 heterocycles. The Morgan fingerprint density at radius 2 is 1.90 bits per heavy atom. The van der Waals surface area contributed by atoms with Crippen molar-refractivity contribution in [3.05, 3.63) is 33.5 Å². The van der Waals surface area contributed by atoms with Gasteiger partial charge in [0.25, 0.3) is 0 Å². The number of aryl methyl sites for hydroxylation is 1. The number of nitrogens with one attached hydrogen (secondary N) is 1. The zero-order valence-electron chi connectivity index (χ0n) is 13.0. The van der Waals surface area contributed by atoms with Crippen LogP contribution in [0.5, 0.6) is 0 Å². The zero-order chi connectivity index (χ0) is 14.9. The van der Waals surface area contributed by atoms with Gasteiger partial charge in [-0.25, -0.2) is 0 Å². The maximum atomic E-state index is 6.14. The van der Waals surface area contributed by atoms with Crippen molar-refractivity contribution in [3.8, 4) is 0 Å². The summed E-state index contributed by atoms with van der Waals surface area (Å²) >= 11 is 3.59. The van der Waals surface area contributed by atoms with Crippen molar-refractivity contribution in [1.82, 2.24) is 5.32 Å². The summed E-state index contributed by atoms with van der Waals surface area (Å²) < 4.78 is 7.26. The third-order valence-corrected chi connectivity index (χ3v) is 3.93. The van der Waals surface area contributed by atoms with Gasteiger partial charge in [0.2, 0.25) is 0 Å². The molecule has 110 valence electrons. The van der Waals surface area contributed by atoms with Gasteiger partial charge in [0.05, 0.1) is 6.54 Å². The van der Waals surface area contributed by atoms with E-state index in [1.165, 1.54) is 16.5 Å². The molecule has 3 heteroatoms. The van der Waals surface area contributed by atoms with Gasteiger partial charge in [-0.2, -0.15) is 0 Å². The first-order chi connectivity index (χ1) is 9.40. The minimum absolute atomic E-state index is 0.459. The molecule has 0 fully saturated rings. The predicted molar refractivity (Wildman–Crippen MR) is 89.3 cm³/mol. The molecule has 1 N–H and O–H groups in total. The molecule has 0 bridgehead atoms. The first kappa shape index (κ1) is 15.6. The highest BCUT2D eigenvalue weighted by Gasteiger charge is 2.18. The monoisotopic (exact) mass is 337 g/mol. The van der Waals surface area contributed by atoms with Crippen LogP contribution in [-0.2, 0) is 6.54 Å². The Labute approximate surface area is 130 Å². The SMILES string of the molecule is Cc1cc(Br)cc2c(C(C)C)c(CNCC(C)C)oc12. The molecule has 20 heavy (non-hydrogen) atoms. The molecule has 0 amide bonds. The maximum Gasteiger partial charge on any atom is 0.137 e. The fraction of sp³-hybridized carbons (Fsp3) is 0.529. The fourth-order valence-corrected chi connectivity index (χ4v) is 3.20. The summed E-state index contributed by atoms with van der Waals surface area (Å²) in [5, 5.41) is 4.73. The number of fused-ring (bicyclic) bond motifs is 1. The van der Waals surface area contributed by atoms with E-state index in [-0.39, 0.29) is 0 Å². The fourth-order valence-electron chi connectivity index (χ4n) is 2.63. The van der Waals surface area contributed by atoms with Gasteiger partial charge < -0.3 is 9.73 Å². The van der Waals surface area contributed by atoms with Crippen LogP contribution in [0.4, 0.5) is 0 Å². The highest BCUT2D eigenvalue weighted by Crippen LogP contribution is 2.35. The van der Waals surface area contributed by atoms with Gasteiger partial charge in [0, 0.05) is 15.4 Å². The second-order valence-electron chi connectivity index (χ2n) is 6.22. The van der Waals surface area contributed by atoms with Gasteiger partial charge in [0.15, 0.2) is 0 Å². The molecule has 2 nitrogen and oxygen atoms in total. The van der Waals surface area contributed by atoms with E-state index in [1.54, 1.807) is 0 Å². The summed E-state index contributed by atoms with van der Waals surface area (Å²) in [5.41, 5.74) is 3.55. The lowest BCUT2D eigenvalue weighted by molar-refractivity contribution is 0.478. The van der Waals surface area contributed by atoms with E-state index >= 15 is 0 Å². The highest BCUT2D eigenvalue weighted by molar-refractivity contribution is 9.10. The molecule has 0 aliphatic rings. The lowest BCUT2D eigenvalue weighted by atomic mass is 9.98. The normalized spacial score (nSPS) is 12.0. The average Bonchev–Trinajstić information content (AvgIpc) is 2.67. The van der Waals surface area contributed by atoms with Gasteiger partial charge in [-0.1, -0.05) is 43.6 Å². The van der Waals surface area contributed by atoms with E-state index in [0.717, 1.165) is 28.9 Å². The third-order valence-electron chi connectivity index (χ3n) is 3.47. The van der Waals surface area contributed by atoms with Crippen LogP contribution in [-0.4, -0.2) is 6.54 Å². The van der Waals surface area contributed by atoms with E-state index in [0.29, 0.717) is 11.8 Å². The standard InChI is InChI=1S/C17H24BrNO/c1-10(2)8-19-9-15-16(11(3)4)14-7-13(18)6-12(5)17(14)20-15/h6-7,10-11,19H,8-9H2,1-5H3. The number of rotatable bonds is 5. The molecule has 0 unspecified atom stereocenters. The summed E-state index contributed by atoms with van der Waals surface area (Å²) in [7, 11) is 0. The Morgan fingerprint density at radius 1 is 1.20 bits per heavy atom. The smallest absolute Gasteiger partial charge is 0.137 e. The Bertz CT molecular complexity index is 599. The summed E-state index contributed by atoms with van der Waals surface area (Å²) in [6.07, 6.45) is 0. The molecule has 1 aromatic carbocycles. The molecule has 0 saturated heterocycles. The second-order valence-corrected chi connectivity index (χ2v) is 7.13. The van der Waals surface area contributed by atoms with E-state index in [9.17, 15) is 0 Å². The van der Waals surface area contributed by atoms with Crippen molar-refractivity contribution in [3.63, 3.8) is 0 Å². The predicted octanol–water partition coefficient (Wildman–Crippen LogP) is 5.37. The quantitative estimate of drug-likeness (QED) is 0.792. The number of hydrogen-bond acceptors (Lipinski definition) is 2. The summed E-state index contributed by atoms with van der Waals surface area (Å²) in [4.78, 5) is 0. The van der Waals surface area contributed by atoms with Gasteiger partial charge >= 0.3 is 0 Å². The number of benzene rings is 1. The van der Waals surface area contributed by atoms with E-state index in [1.807, 2.05) is 0 Å². The molecule has 0 aliphatic carbocycles. The second kappa shape index (κ2) is 6.31. The maximum absolute atomic E-state index is 6.14. The van der Waals surface area contributed by atoms with Crippen molar-refractivity contribution >= 4 is 26.9 Å². The highest BCUT2D eigenvalue weighted by atomic mass is 79.9. The molecule has 0 radical (unpaired) electrons. The summed E-state index contributed by atoms with van der Waals surface area (Å²) in [6.45, 7) is 12.8. The van der Waals surface area contributed by atoms with Crippen LogP contribution in [0.15, 0.2) is 21.0 Å². The lowest BCUT2D eigenvalue weighted by Crippen LogP contribution is -2.19. The minimum Gasteiger partial charge on any atom is -0.459 e. The van der Waals surface area contributed by atoms with Crippen molar-refractivity contribution < 1.29 is 4.42 Å². The topological polar surface area (TPSA) is 25.2 Å². The van der Waals surface area contributed by atoms with Gasteiger partial charge in [-0.15, -0.1) is 0 Å². The molecule has 2 rings (SSSR count). The Kier molecular flexibility index (Phi) is 4.92. The van der Waals surface area contributed by atoms with Gasteiger partial charge in [-0.05, 0) is 43.0 Å². The van der Waals surface area contributed by atoms with Crippen LogP contribution in [0.25, 0.3) is 11.0 Å². The van der Waals surface area contributed by atoms with E-state index in [2.05, 4.69) is 68.0 Å². The molecule has 0 atom stereocenters. The number of halogens is 1. The molecule has 0 aliphatic heterocycles. The molecule has 2 aromatic rings. The van der Waals surface area contributed by atoms with Crippen LogP contribution >= 0.6 is 15.9 Å². The number of furan rings is 1. The first-order valence-electron chi connectivity index (χ1n) is 7.32. The Hall–Kier alpha value is -0.800. The van der Waals surface area contributed by atoms with Crippen LogP contribution in [0.2, 0.25) is 0 Å². The molecule has 1 aromatic heterocycles.